The lowest BCUT2D eigenvalue weighted by atomic mass is 9.92. The summed E-state index contributed by atoms with van der Waals surface area (Å²) in [6.07, 6.45) is 0.263. The van der Waals surface area contributed by atoms with Gasteiger partial charge in [0, 0.05) is 6.42 Å². The second kappa shape index (κ2) is 6.40. The molecule has 0 aliphatic carbocycles. The molecule has 0 N–H and O–H groups in total. The van der Waals surface area contributed by atoms with Crippen molar-refractivity contribution < 1.29 is 4.79 Å². The van der Waals surface area contributed by atoms with Gasteiger partial charge in [-0.15, -0.1) is 12.6 Å². The Hall–Kier alpha value is -2.05. The molecule has 1 unspecified atom stereocenters. The minimum atomic E-state index is -0.186. The molecule has 0 aliphatic rings. The Morgan fingerprint density at radius 1 is 1.25 bits per heavy atom. The van der Waals surface area contributed by atoms with Crippen LogP contribution in [0, 0.1) is 11.3 Å². The predicted molar refractivity (Wildman–Crippen MR) is 83.6 cm³/mol. The largest absolute Gasteiger partial charge is 0.287 e. The fourth-order valence-electron chi connectivity index (χ4n) is 2.17. The van der Waals surface area contributed by atoms with Crippen molar-refractivity contribution >= 4 is 17.7 Å². The Labute approximate surface area is 124 Å². The molecule has 2 rings (SSSR count). The zero-order chi connectivity index (χ0) is 14.5. The second-order valence-electron chi connectivity index (χ2n) is 4.70. The van der Waals surface area contributed by atoms with E-state index in [1.807, 2.05) is 55.5 Å². The Balaban J connectivity index is 2.52. The Bertz CT molecular complexity index is 658. The Morgan fingerprint density at radius 3 is 2.55 bits per heavy atom. The van der Waals surface area contributed by atoms with Crippen molar-refractivity contribution in [2.75, 3.05) is 0 Å². The van der Waals surface area contributed by atoms with E-state index in [1.54, 1.807) is 0 Å². The summed E-state index contributed by atoms with van der Waals surface area (Å²) in [5, 5.41) is 8.84. The standard InChI is InChI=1S/C17H15NOS/c1-12(11-18)14-7-8-16(13-5-3-2-4-6-13)15(9-14)10-17(19)20/h2-9,12H,10H2,1H3,(H,19,20). The first-order valence-electron chi connectivity index (χ1n) is 6.41. The molecule has 20 heavy (non-hydrogen) atoms. The molecule has 2 nitrogen and oxygen atoms in total. The molecular weight excluding hydrogens is 266 g/mol. The van der Waals surface area contributed by atoms with Crippen molar-refractivity contribution in [2.24, 2.45) is 0 Å². The maximum absolute atomic E-state index is 11.3. The molecule has 3 heteroatoms. The molecule has 0 amide bonds. The van der Waals surface area contributed by atoms with Crippen molar-refractivity contribution in [1.82, 2.24) is 0 Å². The van der Waals surface area contributed by atoms with E-state index in [-0.39, 0.29) is 17.5 Å². The van der Waals surface area contributed by atoms with Crippen LogP contribution in [-0.2, 0) is 11.2 Å². The van der Waals surface area contributed by atoms with Crippen LogP contribution in [0.25, 0.3) is 11.1 Å². The van der Waals surface area contributed by atoms with Gasteiger partial charge < -0.3 is 0 Å². The average molecular weight is 281 g/mol. The summed E-state index contributed by atoms with van der Waals surface area (Å²) in [5.41, 5.74) is 3.92. The molecule has 2 aromatic rings. The second-order valence-corrected chi connectivity index (χ2v) is 5.20. The van der Waals surface area contributed by atoms with Crippen molar-refractivity contribution in [1.29, 1.82) is 5.26 Å². The van der Waals surface area contributed by atoms with Crippen LogP contribution in [0.4, 0.5) is 0 Å². The molecule has 0 aliphatic heterocycles. The first-order valence-corrected chi connectivity index (χ1v) is 6.86. The molecule has 0 aromatic heterocycles. The normalized spacial score (nSPS) is 11.7. The van der Waals surface area contributed by atoms with E-state index in [0.717, 1.165) is 22.3 Å². The first-order chi connectivity index (χ1) is 9.61. The number of rotatable bonds is 4. The molecule has 0 radical (unpaired) electrons. The van der Waals surface area contributed by atoms with Crippen molar-refractivity contribution in [2.45, 2.75) is 19.3 Å². The number of hydrogen-bond acceptors (Lipinski definition) is 2. The molecular formula is C17H15NOS. The summed E-state index contributed by atoms with van der Waals surface area (Å²) in [4.78, 5) is 11.3. The maximum Gasteiger partial charge on any atom is 0.190 e. The molecule has 0 bridgehead atoms. The number of thiol groups is 1. The summed E-state index contributed by atoms with van der Waals surface area (Å²) in [7, 11) is 0. The van der Waals surface area contributed by atoms with E-state index in [2.05, 4.69) is 18.7 Å². The van der Waals surface area contributed by atoms with E-state index >= 15 is 0 Å². The third-order valence-electron chi connectivity index (χ3n) is 3.25. The van der Waals surface area contributed by atoms with E-state index in [9.17, 15) is 4.79 Å². The van der Waals surface area contributed by atoms with Gasteiger partial charge in [0.15, 0.2) is 5.12 Å². The zero-order valence-electron chi connectivity index (χ0n) is 11.2. The summed E-state index contributed by atoms with van der Waals surface area (Å²) >= 11 is 3.87. The van der Waals surface area contributed by atoms with Crippen LogP contribution in [0.2, 0.25) is 0 Å². The molecule has 0 saturated carbocycles. The molecule has 2 aromatic carbocycles. The van der Waals surface area contributed by atoms with Crippen molar-refractivity contribution in [3.63, 3.8) is 0 Å². The van der Waals surface area contributed by atoms with Gasteiger partial charge in [0.1, 0.15) is 0 Å². The van der Waals surface area contributed by atoms with Crippen LogP contribution in [-0.4, -0.2) is 5.12 Å². The van der Waals surface area contributed by atoms with Gasteiger partial charge in [-0.2, -0.15) is 5.26 Å². The number of carbonyl (C=O) groups excluding carboxylic acids is 1. The van der Waals surface area contributed by atoms with E-state index in [4.69, 9.17) is 5.26 Å². The summed E-state index contributed by atoms with van der Waals surface area (Å²) in [6, 6.07) is 18.0. The van der Waals surface area contributed by atoms with E-state index in [1.165, 1.54) is 0 Å². The van der Waals surface area contributed by atoms with Gasteiger partial charge in [0.25, 0.3) is 0 Å². The number of benzene rings is 2. The lowest BCUT2D eigenvalue weighted by molar-refractivity contribution is -0.110. The molecule has 1 atom stereocenters. The number of carbonyl (C=O) groups is 1. The highest BCUT2D eigenvalue weighted by atomic mass is 32.1. The van der Waals surface area contributed by atoms with Gasteiger partial charge >= 0.3 is 0 Å². The molecule has 0 fully saturated rings. The molecule has 0 spiro atoms. The van der Waals surface area contributed by atoms with Crippen LogP contribution in [0.3, 0.4) is 0 Å². The maximum atomic E-state index is 11.3. The number of nitriles is 1. The zero-order valence-corrected chi connectivity index (χ0v) is 12.1. The van der Waals surface area contributed by atoms with Gasteiger partial charge in [-0.05, 0) is 29.2 Å². The molecule has 100 valence electrons. The van der Waals surface area contributed by atoms with Crippen LogP contribution in [0.1, 0.15) is 24.0 Å². The Kier molecular flexibility index (Phi) is 4.60. The topological polar surface area (TPSA) is 40.9 Å². The van der Waals surface area contributed by atoms with Gasteiger partial charge in [-0.3, -0.25) is 4.79 Å². The number of nitrogens with zero attached hydrogens (tertiary/aromatic N) is 1. The fraction of sp³-hybridized carbons (Fsp3) is 0.176. The quantitative estimate of drug-likeness (QED) is 0.861. The van der Waals surface area contributed by atoms with Gasteiger partial charge in [-0.1, -0.05) is 48.5 Å². The minimum Gasteiger partial charge on any atom is -0.287 e. The highest BCUT2D eigenvalue weighted by Crippen LogP contribution is 2.28. The lowest BCUT2D eigenvalue weighted by Crippen LogP contribution is -2.00. The lowest BCUT2D eigenvalue weighted by Gasteiger charge is -2.12. The predicted octanol–water partition coefficient (Wildman–Crippen LogP) is 3.98. The summed E-state index contributed by atoms with van der Waals surface area (Å²) in [6.45, 7) is 1.85. The third-order valence-corrected chi connectivity index (χ3v) is 3.41. The van der Waals surface area contributed by atoms with Crippen LogP contribution in [0.5, 0.6) is 0 Å². The van der Waals surface area contributed by atoms with Gasteiger partial charge in [0.2, 0.25) is 0 Å². The highest BCUT2D eigenvalue weighted by Gasteiger charge is 2.11. The van der Waals surface area contributed by atoms with Crippen LogP contribution < -0.4 is 0 Å². The number of hydrogen-bond donors (Lipinski definition) is 1. The van der Waals surface area contributed by atoms with E-state index < -0.39 is 0 Å². The van der Waals surface area contributed by atoms with Crippen LogP contribution >= 0.6 is 12.6 Å². The summed E-state index contributed by atoms with van der Waals surface area (Å²) in [5.74, 6) is -0.186. The smallest absolute Gasteiger partial charge is 0.190 e. The van der Waals surface area contributed by atoms with Gasteiger partial charge in [-0.25, -0.2) is 0 Å². The van der Waals surface area contributed by atoms with Gasteiger partial charge in [0.05, 0.1) is 12.0 Å². The minimum absolute atomic E-state index is 0.177. The molecule has 0 heterocycles. The molecule has 0 saturated heterocycles. The fourth-order valence-corrected chi connectivity index (χ4v) is 2.34. The summed E-state index contributed by atoms with van der Waals surface area (Å²) < 4.78 is 0. The average Bonchev–Trinajstić information content (AvgIpc) is 2.46. The van der Waals surface area contributed by atoms with Crippen molar-refractivity contribution in [3.8, 4) is 17.2 Å². The first kappa shape index (κ1) is 14.4. The SMILES string of the molecule is CC(C#N)c1ccc(-c2ccccc2)c(CC(=O)S)c1. The Morgan fingerprint density at radius 2 is 1.95 bits per heavy atom. The van der Waals surface area contributed by atoms with Crippen molar-refractivity contribution in [3.05, 3.63) is 59.7 Å². The highest BCUT2D eigenvalue weighted by molar-refractivity contribution is 7.96. The van der Waals surface area contributed by atoms with Crippen LogP contribution in [0.15, 0.2) is 48.5 Å². The van der Waals surface area contributed by atoms with E-state index in [0.29, 0.717) is 0 Å². The monoisotopic (exact) mass is 281 g/mol. The third kappa shape index (κ3) is 3.28.